The molecule has 0 heterocycles. The molecule has 0 spiro atoms. The first-order valence-corrected chi connectivity index (χ1v) is 9.14. The van der Waals surface area contributed by atoms with Crippen molar-refractivity contribution in [2.24, 2.45) is 5.41 Å². The molecular formula is C22H28N2O4. The number of nitrogens with one attached hydrogen (secondary N) is 2. The number of hydrogen-bond acceptors (Lipinski definition) is 4. The van der Waals surface area contributed by atoms with Crippen molar-refractivity contribution in [1.82, 2.24) is 0 Å². The van der Waals surface area contributed by atoms with Crippen LogP contribution in [0.3, 0.4) is 0 Å². The highest BCUT2D eigenvalue weighted by molar-refractivity contribution is 6.14. The molecule has 0 aromatic heterocycles. The molecule has 0 aliphatic heterocycles. The molecule has 2 rings (SSSR count). The lowest BCUT2D eigenvalue weighted by Crippen LogP contribution is -2.41. The topological polar surface area (TPSA) is 76.7 Å². The number of rotatable bonds is 7. The predicted molar refractivity (Wildman–Crippen MR) is 111 cm³/mol. The Morgan fingerprint density at radius 1 is 0.893 bits per heavy atom. The van der Waals surface area contributed by atoms with Gasteiger partial charge in [0.1, 0.15) is 16.9 Å². The quantitative estimate of drug-likeness (QED) is 0.693. The van der Waals surface area contributed by atoms with Gasteiger partial charge < -0.3 is 20.1 Å². The molecule has 0 radical (unpaired) electrons. The smallest absolute Gasteiger partial charge is 0.239 e. The van der Waals surface area contributed by atoms with Crippen molar-refractivity contribution in [3.8, 4) is 11.5 Å². The zero-order valence-corrected chi connectivity index (χ0v) is 17.3. The predicted octanol–water partition coefficient (Wildman–Crippen LogP) is 4.43. The summed E-state index contributed by atoms with van der Waals surface area (Å²) in [7, 11) is 3.06. The number of carbonyl (C=O) groups excluding carboxylic acids is 2. The van der Waals surface area contributed by atoms with Crippen molar-refractivity contribution in [2.45, 2.75) is 33.6 Å². The number of anilines is 2. The zero-order chi connectivity index (χ0) is 20.9. The van der Waals surface area contributed by atoms with Crippen molar-refractivity contribution in [3.05, 3.63) is 48.0 Å². The molecule has 0 saturated carbocycles. The molecule has 0 fully saturated rings. The van der Waals surface area contributed by atoms with E-state index >= 15 is 0 Å². The first kappa shape index (κ1) is 21.3. The summed E-state index contributed by atoms with van der Waals surface area (Å²) in [5.74, 6) is 0.490. The van der Waals surface area contributed by atoms with Crippen molar-refractivity contribution in [1.29, 1.82) is 0 Å². The third-order valence-electron chi connectivity index (χ3n) is 4.62. The summed E-state index contributed by atoms with van der Waals surface area (Å²) in [6.07, 6.45) is 0. The second-order valence-electron chi connectivity index (χ2n) is 7.34. The van der Waals surface area contributed by atoms with Crippen LogP contribution in [0.4, 0.5) is 11.4 Å². The minimum atomic E-state index is -1.30. The van der Waals surface area contributed by atoms with Gasteiger partial charge >= 0.3 is 0 Å². The molecule has 150 valence electrons. The van der Waals surface area contributed by atoms with E-state index in [9.17, 15) is 9.59 Å². The molecule has 2 aromatic rings. The van der Waals surface area contributed by atoms with E-state index in [1.165, 1.54) is 7.11 Å². The van der Waals surface area contributed by atoms with Crippen LogP contribution in [0.1, 0.15) is 39.2 Å². The van der Waals surface area contributed by atoms with E-state index in [1.807, 2.05) is 24.3 Å². The van der Waals surface area contributed by atoms with Gasteiger partial charge in [-0.05, 0) is 43.5 Å². The van der Waals surface area contributed by atoms with Crippen LogP contribution < -0.4 is 20.1 Å². The third kappa shape index (κ3) is 4.63. The SMILES string of the molecule is COc1ccc(NC(=O)C(C)(C)C(=O)Nc2ccccc2C(C)C)c(OC)c1. The second-order valence-corrected chi connectivity index (χ2v) is 7.34. The van der Waals surface area contributed by atoms with E-state index in [1.54, 1.807) is 39.2 Å². The Bertz CT molecular complexity index is 859. The van der Waals surface area contributed by atoms with Crippen molar-refractivity contribution >= 4 is 23.2 Å². The minimum absolute atomic E-state index is 0.247. The Balaban J connectivity index is 2.20. The maximum atomic E-state index is 12.9. The fourth-order valence-corrected chi connectivity index (χ4v) is 2.68. The highest BCUT2D eigenvalue weighted by atomic mass is 16.5. The molecule has 0 aliphatic carbocycles. The molecule has 2 aromatic carbocycles. The number of carbonyl (C=O) groups is 2. The number of ether oxygens (including phenoxy) is 2. The van der Waals surface area contributed by atoms with E-state index in [4.69, 9.17) is 9.47 Å². The standard InChI is InChI=1S/C22H28N2O4/c1-14(2)16-9-7-8-10-17(16)23-20(25)22(3,4)21(26)24-18-12-11-15(27-5)13-19(18)28-6/h7-14H,1-6H3,(H,23,25)(H,24,26). The van der Waals surface area contributed by atoms with Gasteiger partial charge in [-0.25, -0.2) is 0 Å². The lowest BCUT2D eigenvalue weighted by Gasteiger charge is -2.24. The normalized spacial score (nSPS) is 11.1. The number of amides is 2. The summed E-state index contributed by atoms with van der Waals surface area (Å²) < 4.78 is 10.5. The highest BCUT2D eigenvalue weighted by Crippen LogP contribution is 2.31. The maximum absolute atomic E-state index is 12.9. The molecule has 0 atom stereocenters. The average molecular weight is 384 g/mol. The molecule has 6 heteroatoms. The maximum Gasteiger partial charge on any atom is 0.239 e. The molecule has 0 unspecified atom stereocenters. The van der Waals surface area contributed by atoms with Gasteiger partial charge in [-0.2, -0.15) is 0 Å². The van der Waals surface area contributed by atoms with Crippen LogP contribution in [0.15, 0.2) is 42.5 Å². The Kier molecular flexibility index (Phi) is 6.67. The van der Waals surface area contributed by atoms with Crippen LogP contribution in [0.25, 0.3) is 0 Å². The van der Waals surface area contributed by atoms with Gasteiger partial charge in [-0.3, -0.25) is 9.59 Å². The van der Waals surface area contributed by atoms with Crippen molar-refractivity contribution < 1.29 is 19.1 Å². The third-order valence-corrected chi connectivity index (χ3v) is 4.62. The molecule has 0 bridgehead atoms. The molecule has 2 N–H and O–H groups in total. The van der Waals surface area contributed by atoms with Gasteiger partial charge in [0.05, 0.1) is 19.9 Å². The van der Waals surface area contributed by atoms with Crippen LogP contribution in [-0.4, -0.2) is 26.0 Å². The van der Waals surface area contributed by atoms with Crippen LogP contribution in [0.2, 0.25) is 0 Å². The van der Waals surface area contributed by atoms with E-state index in [0.29, 0.717) is 22.9 Å². The summed E-state index contributed by atoms with van der Waals surface area (Å²) in [6, 6.07) is 12.7. The number of para-hydroxylation sites is 1. The van der Waals surface area contributed by atoms with Gasteiger partial charge in [-0.15, -0.1) is 0 Å². The molecule has 2 amide bonds. The Morgan fingerprint density at radius 3 is 2.07 bits per heavy atom. The highest BCUT2D eigenvalue weighted by Gasteiger charge is 2.37. The lowest BCUT2D eigenvalue weighted by atomic mass is 9.90. The fourth-order valence-electron chi connectivity index (χ4n) is 2.68. The summed E-state index contributed by atoms with van der Waals surface area (Å²) >= 11 is 0. The molecule has 6 nitrogen and oxygen atoms in total. The van der Waals surface area contributed by atoms with Crippen molar-refractivity contribution in [3.63, 3.8) is 0 Å². The summed E-state index contributed by atoms with van der Waals surface area (Å²) in [6.45, 7) is 7.29. The average Bonchev–Trinajstić information content (AvgIpc) is 2.68. The minimum Gasteiger partial charge on any atom is -0.497 e. The number of hydrogen-bond donors (Lipinski definition) is 2. The van der Waals surface area contributed by atoms with Crippen LogP contribution >= 0.6 is 0 Å². The van der Waals surface area contributed by atoms with Crippen LogP contribution in [0, 0.1) is 5.41 Å². The summed E-state index contributed by atoms with van der Waals surface area (Å²) in [5, 5.41) is 5.67. The molecule has 28 heavy (non-hydrogen) atoms. The fraction of sp³-hybridized carbons (Fsp3) is 0.364. The van der Waals surface area contributed by atoms with E-state index < -0.39 is 11.3 Å². The van der Waals surface area contributed by atoms with E-state index in [2.05, 4.69) is 24.5 Å². The van der Waals surface area contributed by atoms with Crippen LogP contribution in [-0.2, 0) is 9.59 Å². The largest absolute Gasteiger partial charge is 0.497 e. The zero-order valence-electron chi connectivity index (χ0n) is 17.3. The number of methoxy groups -OCH3 is 2. The molecular weight excluding hydrogens is 356 g/mol. The molecule has 0 saturated heterocycles. The van der Waals surface area contributed by atoms with E-state index in [0.717, 1.165) is 5.56 Å². The van der Waals surface area contributed by atoms with Gasteiger partial charge in [0.15, 0.2) is 0 Å². The van der Waals surface area contributed by atoms with Gasteiger partial charge in [0.25, 0.3) is 0 Å². The first-order chi connectivity index (χ1) is 13.2. The Hall–Kier alpha value is -3.02. The lowest BCUT2D eigenvalue weighted by molar-refractivity contribution is -0.135. The monoisotopic (exact) mass is 384 g/mol. The first-order valence-electron chi connectivity index (χ1n) is 9.14. The van der Waals surface area contributed by atoms with Crippen molar-refractivity contribution in [2.75, 3.05) is 24.9 Å². The van der Waals surface area contributed by atoms with E-state index in [-0.39, 0.29) is 11.8 Å². The summed E-state index contributed by atoms with van der Waals surface area (Å²) in [5.41, 5.74) is 0.903. The number of benzene rings is 2. The summed E-state index contributed by atoms with van der Waals surface area (Å²) in [4.78, 5) is 25.7. The Morgan fingerprint density at radius 2 is 1.50 bits per heavy atom. The van der Waals surface area contributed by atoms with Crippen LogP contribution in [0.5, 0.6) is 11.5 Å². The molecule has 0 aliphatic rings. The van der Waals surface area contributed by atoms with Gasteiger partial charge in [0, 0.05) is 11.8 Å². The second kappa shape index (κ2) is 8.78. The van der Waals surface area contributed by atoms with Gasteiger partial charge in [0.2, 0.25) is 11.8 Å². The van der Waals surface area contributed by atoms with Gasteiger partial charge in [-0.1, -0.05) is 32.0 Å². The Labute approximate surface area is 166 Å².